The molecule has 8 heteroatoms. The van der Waals surface area contributed by atoms with Crippen molar-refractivity contribution in [1.29, 1.82) is 0 Å². The lowest BCUT2D eigenvalue weighted by Gasteiger charge is -2.15. The van der Waals surface area contributed by atoms with Crippen molar-refractivity contribution in [3.63, 3.8) is 0 Å². The lowest BCUT2D eigenvalue weighted by molar-refractivity contribution is -0.142. The van der Waals surface area contributed by atoms with Gasteiger partial charge in [-0.2, -0.15) is 5.10 Å². The molecule has 0 radical (unpaired) electrons. The van der Waals surface area contributed by atoms with E-state index in [1.54, 1.807) is 14.0 Å². The maximum atomic E-state index is 12.1. The highest BCUT2D eigenvalue weighted by atomic mass is 32.2. The van der Waals surface area contributed by atoms with Crippen LogP contribution in [0.5, 0.6) is 0 Å². The van der Waals surface area contributed by atoms with Gasteiger partial charge in [0.15, 0.2) is 0 Å². The molecule has 0 saturated heterocycles. The van der Waals surface area contributed by atoms with E-state index in [4.69, 9.17) is 5.11 Å². The van der Waals surface area contributed by atoms with E-state index < -0.39 is 21.9 Å². The van der Waals surface area contributed by atoms with Crippen LogP contribution in [-0.2, 0) is 21.9 Å². The zero-order valence-corrected chi connectivity index (χ0v) is 12.9. The largest absolute Gasteiger partial charge is 0.481 e. The molecule has 0 aromatic carbocycles. The van der Waals surface area contributed by atoms with E-state index in [2.05, 4.69) is 9.82 Å². The summed E-state index contributed by atoms with van der Waals surface area (Å²) in [6.07, 6.45) is 1.82. The van der Waals surface area contributed by atoms with E-state index >= 15 is 0 Å². The molecule has 0 saturated carbocycles. The van der Waals surface area contributed by atoms with Gasteiger partial charge in [0.05, 0.1) is 11.6 Å². The van der Waals surface area contributed by atoms with Crippen LogP contribution in [0.25, 0.3) is 0 Å². The average molecular weight is 303 g/mol. The van der Waals surface area contributed by atoms with Crippen LogP contribution in [-0.4, -0.2) is 35.8 Å². The average Bonchev–Trinajstić information content (AvgIpc) is 2.63. The predicted octanol–water partition coefficient (Wildman–Crippen LogP) is 0.754. The maximum Gasteiger partial charge on any atom is 0.307 e. The SMILES string of the molecule is Cc1nn(C)cc1S(=O)(=O)NCC(CC(C)C)C(=O)O. The van der Waals surface area contributed by atoms with Crippen LogP contribution in [0.1, 0.15) is 26.0 Å². The second kappa shape index (κ2) is 6.36. The van der Waals surface area contributed by atoms with Gasteiger partial charge in [-0.15, -0.1) is 0 Å². The Balaban J connectivity index is 2.81. The minimum Gasteiger partial charge on any atom is -0.481 e. The first-order valence-corrected chi connectivity index (χ1v) is 7.84. The van der Waals surface area contributed by atoms with Gasteiger partial charge in [0.2, 0.25) is 10.0 Å². The normalized spacial score (nSPS) is 13.7. The highest BCUT2D eigenvalue weighted by Gasteiger charge is 2.24. The summed E-state index contributed by atoms with van der Waals surface area (Å²) in [6, 6.07) is 0. The monoisotopic (exact) mass is 303 g/mol. The van der Waals surface area contributed by atoms with Crippen molar-refractivity contribution in [2.75, 3.05) is 6.54 Å². The standard InChI is InChI=1S/C12H21N3O4S/c1-8(2)5-10(12(16)17)6-13-20(18,19)11-7-15(4)14-9(11)3/h7-8,10,13H,5-6H2,1-4H3,(H,16,17). The zero-order chi connectivity index (χ0) is 15.5. The predicted molar refractivity (Wildman–Crippen MR) is 73.7 cm³/mol. The minimum absolute atomic E-state index is 0.0775. The lowest BCUT2D eigenvalue weighted by atomic mass is 9.98. The first kappa shape index (κ1) is 16.6. The number of aryl methyl sites for hydroxylation is 2. The molecule has 20 heavy (non-hydrogen) atoms. The van der Waals surface area contributed by atoms with Crippen LogP contribution in [0.2, 0.25) is 0 Å². The summed E-state index contributed by atoms with van der Waals surface area (Å²) in [7, 11) is -2.10. The number of carboxylic acids is 1. The van der Waals surface area contributed by atoms with E-state index in [0.717, 1.165) is 0 Å². The Hall–Kier alpha value is -1.41. The molecule has 0 fully saturated rings. The third-order valence-electron chi connectivity index (χ3n) is 2.88. The van der Waals surface area contributed by atoms with Crippen molar-refractivity contribution in [2.24, 2.45) is 18.9 Å². The second-order valence-corrected chi connectivity index (χ2v) is 7.00. The van der Waals surface area contributed by atoms with Crippen LogP contribution in [0.3, 0.4) is 0 Å². The molecule has 0 bridgehead atoms. The van der Waals surface area contributed by atoms with E-state index in [-0.39, 0.29) is 17.4 Å². The third-order valence-corrected chi connectivity index (χ3v) is 4.41. The number of rotatable bonds is 7. The Morgan fingerprint density at radius 2 is 2.10 bits per heavy atom. The number of nitrogens with zero attached hydrogens (tertiary/aromatic N) is 2. The zero-order valence-electron chi connectivity index (χ0n) is 12.1. The summed E-state index contributed by atoms with van der Waals surface area (Å²) < 4.78 is 28.0. The molecular formula is C12H21N3O4S. The Morgan fingerprint density at radius 1 is 1.50 bits per heavy atom. The Labute approximate surface area is 119 Å². The number of sulfonamides is 1. The van der Waals surface area contributed by atoms with Crippen molar-refractivity contribution in [2.45, 2.75) is 32.1 Å². The lowest BCUT2D eigenvalue weighted by Crippen LogP contribution is -2.33. The van der Waals surface area contributed by atoms with Crippen LogP contribution in [0.4, 0.5) is 0 Å². The summed E-state index contributed by atoms with van der Waals surface area (Å²) in [5.74, 6) is -1.55. The van der Waals surface area contributed by atoms with Gasteiger partial charge in [-0.3, -0.25) is 9.48 Å². The Morgan fingerprint density at radius 3 is 2.50 bits per heavy atom. The van der Waals surface area contributed by atoms with Crippen molar-refractivity contribution in [1.82, 2.24) is 14.5 Å². The number of carbonyl (C=O) groups is 1. The van der Waals surface area contributed by atoms with Gasteiger partial charge in [-0.25, -0.2) is 13.1 Å². The number of aliphatic carboxylic acids is 1. The van der Waals surface area contributed by atoms with Gasteiger partial charge >= 0.3 is 5.97 Å². The minimum atomic E-state index is -3.73. The molecule has 7 nitrogen and oxygen atoms in total. The molecule has 2 N–H and O–H groups in total. The molecule has 114 valence electrons. The van der Waals surface area contributed by atoms with E-state index in [0.29, 0.717) is 12.1 Å². The molecule has 1 rings (SSSR count). The van der Waals surface area contributed by atoms with Gasteiger partial charge in [-0.1, -0.05) is 13.8 Å². The molecule has 1 aromatic heterocycles. The number of hydrogen-bond acceptors (Lipinski definition) is 4. The molecule has 1 unspecified atom stereocenters. The van der Waals surface area contributed by atoms with Gasteiger partial charge in [-0.05, 0) is 19.3 Å². The highest BCUT2D eigenvalue weighted by Crippen LogP contribution is 2.15. The molecular weight excluding hydrogens is 282 g/mol. The number of aromatic nitrogens is 2. The molecule has 1 heterocycles. The summed E-state index contributed by atoms with van der Waals surface area (Å²) in [5, 5.41) is 13.1. The molecule has 0 spiro atoms. The third kappa shape index (κ3) is 4.31. The van der Waals surface area contributed by atoms with Crippen molar-refractivity contribution < 1.29 is 18.3 Å². The fourth-order valence-electron chi connectivity index (χ4n) is 1.97. The quantitative estimate of drug-likeness (QED) is 0.774. The van der Waals surface area contributed by atoms with Gasteiger partial charge in [0, 0.05) is 19.8 Å². The second-order valence-electron chi connectivity index (χ2n) is 5.27. The van der Waals surface area contributed by atoms with E-state index in [9.17, 15) is 13.2 Å². The Kier molecular flexibility index (Phi) is 5.29. The van der Waals surface area contributed by atoms with Gasteiger partial charge < -0.3 is 5.11 Å². The molecule has 0 aliphatic carbocycles. The van der Waals surface area contributed by atoms with Crippen LogP contribution < -0.4 is 4.72 Å². The fourth-order valence-corrected chi connectivity index (χ4v) is 3.27. The summed E-state index contributed by atoms with van der Waals surface area (Å²) in [6.45, 7) is 5.27. The van der Waals surface area contributed by atoms with Crippen molar-refractivity contribution >= 4 is 16.0 Å². The molecule has 0 amide bonds. The van der Waals surface area contributed by atoms with Crippen LogP contribution in [0.15, 0.2) is 11.1 Å². The van der Waals surface area contributed by atoms with E-state index in [1.807, 2.05) is 13.8 Å². The summed E-state index contributed by atoms with van der Waals surface area (Å²) in [5.41, 5.74) is 0.385. The molecule has 1 atom stereocenters. The fraction of sp³-hybridized carbons (Fsp3) is 0.667. The summed E-state index contributed by atoms with van der Waals surface area (Å²) in [4.78, 5) is 11.2. The van der Waals surface area contributed by atoms with Crippen molar-refractivity contribution in [3.8, 4) is 0 Å². The number of carboxylic acid groups (broad SMARTS) is 1. The van der Waals surface area contributed by atoms with Gasteiger partial charge in [0.25, 0.3) is 0 Å². The first-order chi connectivity index (χ1) is 9.13. The number of nitrogens with one attached hydrogen (secondary N) is 1. The van der Waals surface area contributed by atoms with Crippen LogP contribution in [0, 0.1) is 18.8 Å². The highest BCUT2D eigenvalue weighted by molar-refractivity contribution is 7.89. The van der Waals surface area contributed by atoms with Crippen LogP contribution >= 0.6 is 0 Å². The topological polar surface area (TPSA) is 101 Å². The molecule has 0 aliphatic rings. The van der Waals surface area contributed by atoms with E-state index in [1.165, 1.54) is 10.9 Å². The number of hydrogen-bond donors (Lipinski definition) is 2. The van der Waals surface area contributed by atoms with Gasteiger partial charge in [0.1, 0.15) is 4.90 Å². The summed E-state index contributed by atoms with van der Waals surface area (Å²) >= 11 is 0. The first-order valence-electron chi connectivity index (χ1n) is 6.36. The Bertz CT molecular complexity index is 578. The van der Waals surface area contributed by atoms with Crippen molar-refractivity contribution in [3.05, 3.63) is 11.9 Å². The molecule has 1 aromatic rings. The maximum absolute atomic E-state index is 12.1. The smallest absolute Gasteiger partial charge is 0.307 e. The molecule has 0 aliphatic heterocycles.